The molecular formula is C18H16N4O2S. The number of nitrogens with zero attached hydrogens (tertiary/aromatic N) is 2. The van der Waals surface area contributed by atoms with Crippen LogP contribution >= 0.6 is 11.3 Å². The summed E-state index contributed by atoms with van der Waals surface area (Å²) >= 11 is 1.27. The maximum Gasteiger partial charge on any atom is 0.271 e. The number of carbonyl (C=O) groups is 2. The molecule has 0 atom stereocenters. The smallest absolute Gasteiger partial charge is 0.271 e. The fourth-order valence-corrected chi connectivity index (χ4v) is 4.00. The lowest BCUT2D eigenvalue weighted by atomic mass is 10.1. The highest BCUT2D eigenvalue weighted by molar-refractivity contribution is 7.21. The molecule has 0 bridgehead atoms. The molecule has 0 unspecified atom stereocenters. The molecule has 0 aliphatic carbocycles. The number of nitrogen functional groups attached to an aromatic ring is 1. The normalized spacial score (nSPS) is 13.7. The van der Waals surface area contributed by atoms with Gasteiger partial charge in [0.1, 0.15) is 16.3 Å². The largest absolute Gasteiger partial charge is 0.397 e. The van der Waals surface area contributed by atoms with Crippen LogP contribution in [0.1, 0.15) is 20.9 Å². The van der Waals surface area contributed by atoms with Crippen molar-refractivity contribution in [1.29, 1.82) is 0 Å². The van der Waals surface area contributed by atoms with Crippen molar-refractivity contribution in [3.63, 3.8) is 0 Å². The Hall–Kier alpha value is -2.93. The molecule has 7 heteroatoms. The van der Waals surface area contributed by atoms with Crippen LogP contribution in [0.15, 0.2) is 30.3 Å². The predicted octanol–water partition coefficient (Wildman–Crippen LogP) is 3.09. The Kier molecular flexibility index (Phi) is 3.47. The van der Waals surface area contributed by atoms with Crippen LogP contribution in [0, 0.1) is 13.8 Å². The van der Waals surface area contributed by atoms with Crippen molar-refractivity contribution < 1.29 is 9.59 Å². The molecule has 2 aromatic heterocycles. The second-order valence-corrected chi connectivity index (χ2v) is 7.04. The van der Waals surface area contributed by atoms with Gasteiger partial charge in [0.15, 0.2) is 0 Å². The molecule has 0 saturated carbocycles. The highest BCUT2D eigenvalue weighted by Gasteiger charge is 2.30. The molecule has 0 radical (unpaired) electrons. The minimum Gasteiger partial charge on any atom is -0.397 e. The van der Waals surface area contributed by atoms with Crippen LogP contribution in [0.5, 0.6) is 0 Å². The molecule has 0 saturated heterocycles. The number of para-hydroxylation sites is 2. The fraction of sp³-hybridized carbons (Fsp3) is 0.167. The first-order valence-electron chi connectivity index (χ1n) is 7.82. The molecule has 4 rings (SSSR count). The summed E-state index contributed by atoms with van der Waals surface area (Å²) in [5.41, 5.74) is 9.89. The summed E-state index contributed by atoms with van der Waals surface area (Å²) in [5, 5.41) is 3.56. The number of rotatable bonds is 1. The number of carbonyl (C=O) groups excluding carboxylic acids is 2. The third-order valence-electron chi connectivity index (χ3n) is 4.37. The van der Waals surface area contributed by atoms with Gasteiger partial charge in [0, 0.05) is 11.1 Å². The van der Waals surface area contributed by atoms with Gasteiger partial charge >= 0.3 is 0 Å². The monoisotopic (exact) mass is 352 g/mol. The highest BCUT2D eigenvalue weighted by Crippen LogP contribution is 2.37. The molecule has 0 spiro atoms. The van der Waals surface area contributed by atoms with Crippen molar-refractivity contribution in [2.75, 3.05) is 22.5 Å². The van der Waals surface area contributed by atoms with Gasteiger partial charge in [-0.05, 0) is 37.6 Å². The third kappa shape index (κ3) is 2.44. The van der Waals surface area contributed by atoms with Crippen molar-refractivity contribution in [2.24, 2.45) is 0 Å². The SMILES string of the molecule is Cc1cc2c(N)c(C(=O)N3CC(=O)Nc4ccccc43)sc2nc1C. The first-order valence-corrected chi connectivity index (χ1v) is 8.64. The number of hydrogen-bond acceptors (Lipinski definition) is 5. The van der Waals surface area contributed by atoms with Gasteiger partial charge in [-0.25, -0.2) is 4.98 Å². The molecule has 1 aromatic carbocycles. The van der Waals surface area contributed by atoms with Crippen LogP contribution < -0.4 is 16.0 Å². The first-order chi connectivity index (χ1) is 12.0. The van der Waals surface area contributed by atoms with Gasteiger partial charge in [-0.2, -0.15) is 0 Å². The third-order valence-corrected chi connectivity index (χ3v) is 5.48. The van der Waals surface area contributed by atoms with Crippen molar-refractivity contribution in [3.8, 4) is 0 Å². The van der Waals surface area contributed by atoms with E-state index in [-0.39, 0.29) is 18.4 Å². The summed E-state index contributed by atoms with van der Waals surface area (Å²) in [7, 11) is 0. The van der Waals surface area contributed by atoms with Crippen LogP contribution in [0.4, 0.5) is 17.1 Å². The summed E-state index contributed by atoms with van der Waals surface area (Å²) in [5.74, 6) is -0.505. The maximum absolute atomic E-state index is 13.1. The Morgan fingerprint density at radius 3 is 2.88 bits per heavy atom. The molecule has 6 nitrogen and oxygen atoms in total. The van der Waals surface area contributed by atoms with E-state index in [9.17, 15) is 9.59 Å². The van der Waals surface area contributed by atoms with Crippen LogP contribution in [0.3, 0.4) is 0 Å². The van der Waals surface area contributed by atoms with Crippen molar-refractivity contribution in [3.05, 3.63) is 46.5 Å². The van der Waals surface area contributed by atoms with E-state index in [4.69, 9.17) is 5.73 Å². The van der Waals surface area contributed by atoms with E-state index < -0.39 is 0 Å². The Bertz CT molecular complexity index is 1040. The zero-order valence-electron chi connectivity index (χ0n) is 13.8. The number of pyridine rings is 1. The average Bonchev–Trinajstić information content (AvgIpc) is 2.90. The molecule has 1 aliphatic rings. The Balaban J connectivity index is 1.83. The zero-order chi connectivity index (χ0) is 17.7. The molecule has 0 fully saturated rings. The fourth-order valence-electron chi connectivity index (χ4n) is 2.92. The minimum atomic E-state index is -0.280. The number of hydrogen-bond donors (Lipinski definition) is 2. The second-order valence-electron chi connectivity index (χ2n) is 6.04. The van der Waals surface area contributed by atoms with Crippen LogP contribution in [0.2, 0.25) is 0 Å². The van der Waals surface area contributed by atoms with Gasteiger partial charge in [-0.3, -0.25) is 14.5 Å². The van der Waals surface area contributed by atoms with Gasteiger partial charge in [0.25, 0.3) is 5.91 Å². The zero-order valence-corrected chi connectivity index (χ0v) is 14.6. The van der Waals surface area contributed by atoms with Crippen molar-refractivity contribution in [1.82, 2.24) is 4.98 Å². The lowest BCUT2D eigenvalue weighted by Crippen LogP contribution is -2.42. The van der Waals surface area contributed by atoms with Crippen LogP contribution in [-0.4, -0.2) is 23.3 Å². The molecule has 3 aromatic rings. The molecule has 1 aliphatic heterocycles. The average molecular weight is 352 g/mol. The van der Waals surface area contributed by atoms with E-state index >= 15 is 0 Å². The summed E-state index contributed by atoms with van der Waals surface area (Å²) in [6, 6.07) is 9.19. The van der Waals surface area contributed by atoms with E-state index in [1.54, 1.807) is 6.07 Å². The minimum absolute atomic E-state index is 0.0327. The number of thiophene rings is 1. The van der Waals surface area contributed by atoms with E-state index in [0.717, 1.165) is 21.5 Å². The van der Waals surface area contributed by atoms with Crippen LogP contribution in [0.25, 0.3) is 10.2 Å². The van der Waals surface area contributed by atoms with Crippen molar-refractivity contribution >= 4 is 50.4 Å². The van der Waals surface area contributed by atoms with E-state index in [1.807, 2.05) is 38.1 Å². The Morgan fingerprint density at radius 1 is 1.32 bits per heavy atom. The van der Waals surface area contributed by atoms with Gasteiger partial charge in [-0.15, -0.1) is 11.3 Å². The van der Waals surface area contributed by atoms with Gasteiger partial charge in [0.05, 0.1) is 17.1 Å². The van der Waals surface area contributed by atoms with Gasteiger partial charge in [-0.1, -0.05) is 12.1 Å². The topological polar surface area (TPSA) is 88.3 Å². The molecular weight excluding hydrogens is 336 g/mol. The lowest BCUT2D eigenvalue weighted by Gasteiger charge is -2.28. The number of amides is 2. The van der Waals surface area contributed by atoms with Crippen molar-refractivity contribution in [2.45, 2.75) is 13.8 Å². The number of aryl methyl sites for hydroxylation is 2. The molecule has 126 valence electrons. The highest BCUT2D eigenvalue weighted by atomic mass is 32.1. The predicted molar refractivity (Wildman–Crippen MR) is 100 cm³/mol. The molecule has 3 N–H and O–H groups in total. The van der Waals surface area contributed by atoms with Crippen LogP contribution in [-0.2, 0) is 4.79 Å². The molecule has 2 amide bonds. The first kappa shape index (κ1) is 15.6. The Morgan fingerprint density at radius 2 is 2.08 bits per heavy atom. The molecule has 25 heavy (non-hydrogen) atoms. The number of aromatic nitrogens is 1. The maximum atomic E-state index is 13.1. The standard InChI is InChI=1S/C18H16N4O2S/c1-9-7-11-15(19)16(25-17(11)20-10(9)2)18(24)22-8-14(23)21-12-5-3-4-6-13(12)22/h3-7H,8,19H2,1-2H3,(H,21,23). The quantitative estimate of drug-likeness (QED) is 0.704. The number of fused-ring (bicyclic) bond motifs is 2. The summed E-state index contributed by atoms with van der Waals surface area (Å²) in [6.45, 7) is 3.86. The Labute approximate surface area is 148 Å². The number of benzene rings is 1. The number of anilines is 3. The molecule has 3 heterocycles. The lowest BCUT2D eigenvalue weighted by molar-refractivity contribution is -0.115. The van der Waals surface area contributed by atoms with E-state index in [2.05, 4.69) is 10.3 Å². The van der Waals surface area contributed by atoms with E-state index in [0.29, 0.717) is 21.9 Å². The van der Waals surface area contributed by atoms with E-state index in [1.165, 1.54) is 16.2 Å². The van der Waals surface area contributed by atoms with Gasteiger partial charge in [0.2, 0.25) is 5.91 Å². The number of nitrogens with one attached hydrogen (secondary N) is 1. The summed E-state index contributed by atoms with van der Waals surface area (Å²) < 4.78 is 0. The summed E-state index contributed by atoms with van der Waals surface area (Å²) in [6.07, 6.45) is 0. The number of nitrogens with two attached hydrogens (primary N) is 1. The second kappa shape index (κ2) is 5.56. The van der Waals surface area contributed by atoms with Gasteiger partial charge < -0.3 is 11.1 Å². The summed E-state index contributed by atoms with van der Waals surface area (Å²) in [4.78, 5) is 32.2.